The van der Waals surface area contributed by atoms with Crippen molar-refractivity contribution in [2.24, 2.45) is 0 Å². The summed E-state index contributed by atoms with van der Waals surface area (Å²) in [6, 6.07) is 65.6. The molecule has 0 aliphatic heterocycles. The van der Waals surface area contributed by atoms with Crippen molar-refractivity contribution in [2.45, 2.75) is 0 Å². The summed E-state index contributed by atoms with van der Waals surface area (Å²) < 4.78 is 11.0. The molecule has 4 heterocycles. The van der Waals surface area contributed by atoms with Gasteiger partial charge in [-0.2, -0.15) is 9.97 Å². The minimum Gasteiger partial charge on any atom is -0.456 e. The largest absolute Gasteiger partial charge is 0.456 e. The van der Waals surface area contributed by atoms with Gasteiger partial charge in [0.25, 0.3) is 0 Å². The van der Waals surface area contributed by atoms with Gasteiger partial charge in [-0.25, -0.2) is 4.98 Å². The van der Waals surface area contributed by atoms with Crippen molar-refractivity contribution < 1.29 is 4.42 Å². The molecule has 0 radical (unpaired) electrons. The van der Waals surface area contributed by atoms with Crippen LogP contribution in [0.2, 0.25) is 0 Å². The molecule has 12 aromatic rings. The van der Waals surface area contributed by atoms with E-state index in [0.29, 0.717) is 17.6 Å². The molecule has 4 aromatic heterocycles. The Bertz CT molecular complexity index is 3510. The second-order valence-electron chi connectivity index (χ2n) is 14.4. The van der Waals surface area contributed by atoms with Crippen LogP contribution >= 0.6 is 0 Å². The lowest BCUT2D eigenvalue weighted by Crippen LogP contribution is -2.07. The van der Waals surface area contributed by atoms with Crippen LogP contribution < -0.4 is 0 Å². The summed E-state index contributed by atoms with van der Waals surface area (Å²) in [5.74, 6) is 1.71. The molecule has 57 heavy (non-hydrogen) atoms. The van der Waals surface area contributed by atoms with E-state index in [1.165, 1.54) is 16.5 Å². The van der Waals surface area contributed by atoms with Gasteiger partial charge in [0, 0.05) is 49.1 Å². The van der Waals surface area contributed by atoms with Crippen molar-refractivity contribution >= 4 is 65.6 Å². The highest BCUT2D eigenvalue weighted by molar-refractivity contribution is 6.23. The average Bonchev–Trinajstić information content (AvgIpc) is 3.95. The molecule has 0 saturated heterocycles. The first kappa shape index (κ1) is 31.5. The summed E-state index contributed by atoms with van der Waals surface area (Å²) in [5, 5.41) is 6.58. The molecule has 0 spiro atoms. The molecule has 0 saturated carbocycles. The fraction of sp³-hybridized carbons (Fsp3) is 0. The van der Waals surface area contributed by atoms with Crippen LogP contribution in [0.5, 0.6) is 0 Å². The number of rotatable bonds is 5. The number of para-hydroxylation sites is 3. The van der Waals surface area contributed by atoms with Gasteiger partial charge in [0.15, 0.2) is 11.6 Å². The molecule has 0 atom stereocenters. The summed E-state index contributed by atoms with van der Waals surface area (Å²) in [7, 11) is 0. The number of benzene rings is 8. The highest BCUT2D eigenvalue weighted by atomic mass is 16.3. The molecule has 12 rings (SSSR count). The molecule has 8 aromatic carbocycles. The maximum atomic E-state index is 6.33. The quantitative estimate of drug-likeness (QED) is 0.177. The van der Waals surface area contributed by atoms with Crippen LogP contribution in [0, 0.1) is 0 Å². The third-order valence-corrected chi connectivity index (χ3v) is 11.2. The number of furan rings is 1. The molecule has 6 heteroatoms. The molecule has 0 N–H and O–H groups in total. The Morgan fingerprint density at radius 2 is 0.895 bits per heavy atom. The zero-order valence-corrected chi connectivity index (χ0v) is 30.5. The van der Waals surface area contributed by atoms with Gasteiger partial charge in [-0.1, -0.05) is 152 Å². The first-order valence-corrected chi connectivity index (χ1v) is 19.1. The van der Waals surface area contributed by atoms with Crippen molar-refractivity contribution in [3.63, 3.8) is 0 Å². The fourth-order valence-corrected chi connectivity index (χ4v) is 8.67. The van der Waals surface area contributed by atoms with E-state index < -0.39 is 0 Å². The van der Waals surface area contributed by atoms with Gasteiger partial charge < -0.3 is 8.98 Å². The standard InChI is InChI=1S/C51H31N5O/c1-3-14-32(15-4-1)33-26-28-35(29-27-33)55-42-22-10-7-18-36(42)38-30-31-39-37-19-8-11-23-43(37)56(48(39)47(38)55)51-53-49(34-16-5-2-6-17-34)52-50(54-51)41-21-13-25-45-46(41)40-20-9-12-24-44(40)57-45/h1-31H. The third-order valence-electron chi connectivity index (χ3n) is 11.2. The number of fused-ring (bicyclic) bond motifs is 10. The molecule has 266 valence electrons. The molecule has 0 aliphatic rings. The molecule has 0 aliphatic carbocycles. The van der Waals surface area contributed by atoms with E-state index in [0.717, 1.165) is 77.0 Å². The molecular weight excluding hydrogens is 699 g/mol. The third kappa shape index (κ3) is 4.81. The topological polar surface area (TPSA) is 61.7 Å². The Morgan fingerprint density at radius 1 is 0.351 bits per heavy atom. The van der Waals surface area contributed by atoms with E-state index in [9.17, 15) is 0 Å². The van der Waals surface area contributed by atoms with E-state index in [1.807, 2.05) is 48.5 Å². The Kier molecular flexibility index (Phi) is 6.83. The minimum absolute atomic E-state index is 0.540. The first-order chi connectivity index (χ1) is 28.3. The summed E-state index contributed by atoms with van der Waals surface area (Å²) in [6.07, 6.45) is 0. The van der Waals surface area contributed by atoms with E-state index >= 15 is 0 Å². The van der Waals surface area contributed by atoms with Crippen LogP contribution in [-0.2, 0) is 0 Å². The van der Waals surface area contributed by atoms with Gasteiger partial charge >= 0.3 is 0 Å². The lowest BCUT2D eigenvalue weighted by molar-refractivity contribution is 0.669. The van der Waals surface area contributed by atoms with E-state index in [2.05, 4.69) is 149 Å². The SMILES string of the molecule is c1ccc(-c2ccc(-n3c4ccccc4c4ccc5c6ccccc6n(-c6nc(-c7ccccc7)nc(-c7cccc8oc9ccccc9c78)n6)c5c43)cc2)cc1. The second kappa shape index (κ2) is 12.3. The van der Waals surface area contributed by atoms with Gasteiger partial charge in [0.1, 0.15) is 11.2 Å². The van der Waals surface area contributed by atoms with Crippen LogP contribution in [0.4, 0.5) is 0 Å². The number of aromatic nitrogens is 5. The molecular formula is C51H31N5O. The smallest absolute Gasteiger partial charge is 0.238 e. The Hall–Kier alpha value is -7.83. The summed E-state index contributed by atoms with van der Waals surface area (Å²) >= 11 is 0. The van der Waals surface area contributed by atoms with Crippen LogP contribution in [0.15, 0.2) is 192 Å². The number of nitrogens with zero attached hydrogens (tertiary/aromatic N) is 5. The Labute approximate surface area is 326 Å². The second-order valence-corrected chi connectivity index (χ2v) is 14.4. The highest BCUT2D eigenvalue weighted by Crippen LogP contribution is 2.42. The van der Waals surface area contributed by atoms with Gasteiger partial charge in [0.05, 0.1) is 22.1 Å². The van der Waals surface area contributed by atoms with E-state index in [-0.39, 0.29) is 0 Å². The zero-order valence-electron chi connectivity index (χ0n) is 30.5. The van der Waals surface area contributed by atoms with Crippen molar-refractivity contribution in [1.82, 2.24) is 24.1 Å². The monoisotopic (exact) mass is 729 g/mol. The van der Waals surface area contributed by atoms with Gasteiger partial charge in [-0.05, 0) is 47.5 Å². The van der Waals surface area contributed by atoms with E-state index in [4.69, 9.17) is 19.4 Å². The summed E-state index contributed by atoms with van der Waals surface area (Å²) in [4.78, 5) is 15.9. The lowest BCUT2D eigenvalue weighted by atomic mass is 10.1. The van der Waals surface area contributed by atoms with Gasteiger partial charge in [0.2, 0.25) is 5.95 Å². The molecule has 0 fully saturated rings. The minimum atomic E-state index is 0.540. The lowest BCUT2D eigenvalue weighted by Gasteiger charge is -2.14. The fourth-order valence-electron chi connectivity index (χ4n) is 8.67. The van der Waals surface area contributed by atoms with Crippen LogP contribution in [0.25, 0.3) is 111 Å². The predicted molar refractivity (Wildman–Crippen MR) is 232 cm³/mol. The van der Waals surface area contributed by atoms with Crippen LogP contribution in [-0.4, -0.2) is 24.1 Å². The summed E-state index contributed by atoms with van der Waals surface area (Å²) in [6.45, 7) is 0. The predicted octanol–water partition coefficient (Wildman–Crippen LogP) is 13.0. The number of hydrogen-bond acceptors (Lipinski definition) is 4. The van der Waals surface area contributed by atoms with Crippen LogP contribution in [0.1, 0.15) is 0 Å². The summed E-state index contributed by atoms with van der Waals surface area (Å²) in [5.41, 5.74) is 11.1. The molecule has 6 nitrogen and oxygen atoms in total. The van der Waals surface area contributed by atoms with Crippen molar-refractivity contribution in [3.05, 3.63) is 188 Å². The van der Waals surface area contributed by atoms with Crippen LogP contribution in [0.3, 0.4) is 0 Å². The number of hydrogen-bond donors (Lipinski definition) is 0. The van der Waals surface area contributed by atoms with Gasteiger partial charge in [-0.3, -0.25) is 4.57 Å². The Balaban J connectivity index is 1.20. The zero-order chi connectivity index (χ0) is 37.5. The average molecular weight is 730 g/mol. The normalized spacial score (nSPS) is 11.9. The molecule has 0 bridgehead atoms. The first-order valence-electron chi connectivity index (χ1n) is 19.1. The van der Waals surface area contributed by atoms with Crippen molar-refractivity contribution in [1.29, 1.82) is 0 Å². The maximum absolute atomic E-state index is 6.33. The van der Waals surface area contributed by atoms with Crippen molar-refractivity contribution in [3.8, 4) is 45.5 Å². The van der Waals surface area contributed by atoms with E-state index in [1.54, 1.807) is 0 Å². The van der Waals surface area contributed by atoms with Gasteiger partial charge in [-0.15, -0.1) is 0 Å². The Morgan fingerprint density at radius 3 is 1.61 bits per heavy atom. The maximum Gasteiger partial charge on any atom is 0.238 e. The molecule has 0 unspecified atom stereocenters. The van der Waals surface area contributed by atoms with Crippen molar-refractivity contribution in [2.75, 3.05) is 0 Å². The molecule has 0 amide bonds. The highest BCUT2D eigenvalue weighted by Gasteiger charge is 2.24.